The minimum Gasteiger partial charge on any atom is -0.507 e. The minimum atomic E-state index is -5.01. The van der Waals surface area contributed by atoms with E-state index in [1.165, 1.54) is 12.1 Å². The van der Waals surface area contributed by atoms with Gasteiger partial charge in [-0.05, 0) is 41.5 Å². The maximum Gasteiger partial charge on any atom is 0.416 e. The smallest absolute Gasteiger partial charge is 0.416 e. The molecule has 3 aromatic rings. The lowest BCUT2D eigenvalue weighted by Crippen LogP contribution is -2.13. The Morgan fingerprint density at radius 1 is 0.966 bits per heavy atom. The number of aromatic hydroxyl groups is 1. The van der Waals surface area contributed by atoms with Gasteiger partial charge in [0.2, 0.25) is 0 Å². The minimum absolute atomic E-state index is 0.00135. The Hall–Kier alpha value is -3.23. The molecule has 29 heavy (non-hydrogen) atoms. The zero-order valence-electron chi connectivity index (χ0n) is 14.5. The summed E-state index contributed by atoms with van der Waals surface area (Å²) in [6, 6.07) is 7.02. The predicted molar refractivity (Wildman–Crippen MR) is 93.3 cm³/mol. The number of benzene rings is 2. The second-order valence-corrected chi connectivity index (χ2v) is 6.29. The Labute approximate surface area is 159 Å². The van der Waals surface area contributed by atoms with Crippen LogP contribution in [0.15, 0.2) is 58.3 Å². The van der Waals surface area contributed by atoms with Crippen molar-refractivity contribution in [3.8, 4) is 5.75 Å². The van der Waals surface area contributed by atoms with E-state index < -0.39 is 46.8 Å². The van der Waals surface area contributed by atoms with Gasteiger partial charge in [-0.2, -0.15) is 26.3 Å². The number of fused-ring (bicyclic) bond motifs is 1. The highest BCUT2D eigenvalue weighted by Crippen LogP contribution is 2.38. The molecular weight excluding hydrogens is 402 g/mol. The molecule has 1 heterocycles. The van der Waals surface area contributed by atoms with E-state index in [9.17, 15) is 36.2 Å². The average Bonchev–Trinajstić information content (AvgIpc) is 2.63. The van der Waals surface area contributed by atoms with Crippen LogP contribution in [0.2, 0.25) is 0 Å². The van der Waals surface area contributed by atoms with Gasteiger partial charge in [-0.15, -0.1) is 0 Å². The maximum absolute atomic E-state index is 13.0. The fourth-order valence-electron chi connectivity index (χ4n) is 2.80. The highest BCUT2D eigenvalue weighted by Gasteiger charge is 2.37. The summed E-state index contributed by atoms with van der Waals surface area (Å²) in [6.07, 6.45) is -10.5. The molecule has 9 heteroatoms. The third-order valence-corrected chi connectivity index (χ3v) is 4.26. The fraction of sp³-hybridized carbons (Fsp3) is 0.150. The van der Waals surface area contributed by atoms with Gasteiger partial charge in [0, 0.05) is 6.42 Å². The summed E-state index contributed by atoms with van der Waals surface area (Å²) in [5.41, 5.74) is -4.89. The lowest BCUT2D eigenvalue weighted by Gasteiger charge is -2.15. The zero-order chi connectivity index (χ0) is 21.6. The average molecular weight is 414 g/mol. The monoisotopic (exact) mass is 414 g/mol. The summed E-state index contributed by atoms with van der Waals surface area (Å²) in [5.74, 6) is -0.471. The molecule has 3 rings (SSSR count). The van der Waals surface area contributed by atoms with Crippen molar-refractivity contribution < 1.29 is 35.9 Å². The standard InChI is InChI=1S/C20H12F6O3/c1-10(6-15-17(27)14-4-2-3-5-16(14)29-18(15)28)11-7-12(19(21,22)23)9-13(8-11)20(24,25)26/h2-5,7-9,27H,1,6H2. The van der Waals surface area contributed by atoms with Gasteiger partial charge in [0.15, 0.2) is 0 Å². The van der Waals surface area contributed by atoms with Crippen molar-refractivity contribution in [2.45, 2.75) is 18.8 Å². The van der Waals surface area contributed by atoms with Gasteiger partial charge in [0.1, 0.15) is 11.3 Å². The van der Waals surface area contributed by atoms with E-state index in [1.807, 2.05) is 0 Å². The summed E-state index contributed by atoms with van der Waals surface area (Å²) >= 11 is 0. The molecule has 152 valence electrons. The van der Waals surface area contributed by atoms with Gasteiger partial charge < -0.3 is 9.52 Å². The number of hydrogen-bond donors (Lipinski definition) is 1. The maximum atomic E-state index is 13.0. The van der Waals surface area contributed by atoms with E-state index in [0.29, 0.717) is 12.1 Å². The third kappa shape index (κ3) is 4.13. The second-order valence-electron chi connectivity index (χ2n) is 6.29. The van der Waals surface area contributed by atoms with E-state index in [2.05, 4.69) is 6.58 Å². The van der Waals surface area contributed by atoms with Crippen molar-refractivity contribution in [3.63, 3.8) is 0 Å². The number of alkyl halides is 6. The highest BCUT2D eigenvalue weighted by molar-refractivity contribution is 5.84. The summed E-state index contributed by atoms with van der Waals surface area (Å²) in [4.78, 5) is 12.1. The van der Waals surface area contributed by atoms with E-state index in [4.69, 9.17) is 4.42 Å². The summed E-state index contributed by atoms with van der Waals surface area (Å²) in [6.45, 7) is 3.50. The van der Waals surface area contributed by atoms with E-state index in [0.717, 1.165) is 0 Å². The van der Waals surface area contributed by atoms with Gasteiger partial charge in [-0.3, -0.25) is 0 Å². The zero-order valence-corrected chi connectivity index (χ0v) is 14.5. The Morgan fingerprint density at radius 3 is 2.07 bits per heavy atom. The molecular formula is C20H12F6O3. The largest absolute Gasteiger partial charge is 0.507 e. The number of para-hydroxylation sites is 1. The molecule has 0 aliphatic carbocycles. The van der Waals surface area contributed by atoms with Crippen molar-refractivity contribution in [1.29, 1.82) is 0 Å². The lowest BCUT2D eigenvalue weighted by molar-refractivity contribution is -0.143. The van der Waals surface area contributed by atoms with E-state index in [-0.39, 0.29) is 28.2 Å². The first kappa shape index (κ1) is 20.5. The van der Waals surface area contributed by atoms with E-state index >= 15 is 0 Å². The fourth-order valence-corrected chi connectivity index (χ4v) is 2.80. The van der Waals surface area contributed by atoms with Crippen molar-refractivity contribution in [1.82, 2.24) is 0 Å². The summed E-state index contributed by atoms with van der Waals surface area (Å²) in [5, 5.41) is 10.5. The van der Waals surface area contributed by atoms with Crippen molar-refractivity contribution in [3.05, 3.63) is 81.7 Å². The van der Waals surface area contributed by atoms with Crippen LogP contribution in [-0.4, -0.2) is 5.11 Å². The van der Waals surface area contributed by atoms with Crippen LogP contribution in [0, 0.1) is 0 Å². The van der Waals surface area contributed by atoms with Crippen LogP contribution in [0.5, 0.6) is 5.75 Å². The molecule has 0 atom stereocenters. The molecule has 0 radical (unpaired) electrons. The first-order valence-electron chi connectivity index (χ1n) is 8.09. The van der Waals surface area contributed by atoms with Gasteiger partial charge >= 0.3 is 18.0 Å². The normalized spacial score (nSPS) is 12.3. The molecule has 0 spiro atoms. The first-order chi connectivity index (χ1) is 13.4. The van der Waals surface area contributed by atoms with Crippen LogP contribution in [-0.2, 0) is 18.8 Å². The van der Waals surface area contributed by atoms with Gasteiger partial charge in [0.05, 0.1) is 22.1 Å². The Kier molecular flexibility index (Phi) is 4.94. The molecule has 0 bridgehead atoms. The van der Waals surface area contributed by atoms with Crippen molar-refractivity contribution >= 4 is 16.5 Å². The van der Waals surface area contributed by atoms with Crippen LogP contribution in [0.25, 0.3) is 16.5 Å². The Bertz CT molecular complexity index is 1120. The molecule has 0 aliphatic rings. The van der Waals surface area contributed by atoms with Gasteiger partial charge in [0.25, 0.3) is 0 Å². The van der Waals surface area contributed by atoms with Crippen molar-refractivity contribution in [2.24, 2.45) is 0 Å². The quantitative estimate of drug-likeness (QED) is 0.436. The molecule has 0 fully saturated rings. The van der Waals surface area contributed by atoms with Crippen LogP contribution in [0.1, 0.15) is 22.3 Å². The summed E-state index contributed by atoms with van der Waals surface area (Å²) < 4.78 is 83.2. The molecule has 2 aromatic carbocycles. The van der Waals surface area contributed by atoms with Crippen LogP contribution < -0.4 is 5.63 Å². The van der Waals surface area contributed by atoms with Crippen LogP contribution >= 0.6 is 0 Å². The number of hydrogen-bond acceptors (Lipinski definition) is 3. The number of rotatable bonds is 3. The molecule has 1 aromatic heterocycles. The predicted octanol–water partition coefficient (Wildman–Crippen LogP) is 5.79. The van der Waals surface area contributed by atoms with Crippen LogP contribution in [0.4, 0.5) is 26.3 Å². The number of halogens is 6. The second kappa shape index (κ2) is 6.98. The molecule has 0 unspecified atom stereocenters. The summed E-state index contributed by atoms with van der Waals surface area (Å²) in [7, 11) is 0. The van der Waals surface area contributed by atoms with Gasteiger partial charge in [-0.25, -0.2) is 4.79 Å². The molecule has 0 saturated heterocycles. The van der Waals surface area contributed by atoms with Crippen molar-refractivity contribution in [2.75, 3.05) is 0 Å². The molecule has 1 N–H and O–H groups in total. The van der Waals surface area contributed by atoms with Crippen LogP contribution in [0.3, 0.4) is 0 Å². The first-order valence-corrected chi connectivity index (χ1v) is 8.09. The topological polar surface area (TPSA) is 50.4 Å². The van der Waals surface area contributed by atoms with Gasteiger partial charge in [-0.1, -0.05) is 18.7 Å². The Morgan fingerprint density at radius 2 is 1.52 bits per heavy atom. The molecule has 0 aliphatic heterocycles. The Balaban J connectivity index is 2.08. The van der Waals surface area contributed by atoms with E-state index in [1.54, 1.807) is 12.1 Å². The molecule has 0 amide bonds. The molecule has 3 nitrogen and oxygen atoms in total. The highest BCUT2D eigenvalue weighted by atomic mass is 19.4. The molecule has 0 saturated carbocycles. The third-order valence-electron chi connectivity index (χ3n) is 4.26. The SMILES string of the molecule is C=C(Cc1c(O)c2ccccc2oc1=O)c1cc(C(F)(F)F)cc(C(F)(F)F)c1. The lowest BCUT2D eigenvalue weighted by atomic mass is 9.95. The number of allylic oxidation sites excluding steroid dienone is 1.